The first-order valence-electron chi connectivity index (χ1n) is 5.10. The Kier molecular flexibility index (Phi) is 4.69. The molecular formula is C11H19NS. The molecule has 0 aromatic carbocycles. The molecule has 0 aromatic rings. The molecule has 1 fully saturated rings. The van der Waals surface area contributed by atoms with Crippen molar-refractivity contribution in [2.45, 2.75) is 50.4 Å². The van der Waals surface area contributed by atoms with Gasteiger partial charge in [0.25, 0.3) is 0 Å². The molecule has 74 valence electrons. The molecule has 2 heteroatoms. The Labute approximate surface area is 86.1 Å². The maximum absolute atomic E-state index is 5.45. The lowest BCUT2D eigenvalue weighted by Crippen LogP contribution is -2.37. The predicted molar refractivity (Wildman–Crippen MR) is 61.0 cm³/mol. The molecule has 0 amide bonds. The van der Waals surface area contributed by atoms with Crippen molar-refractivity contribution in [3.05, 3.63) is 0 Å². The van der Waals surface area contributed by atoms with Crippen LogP contribution >= 0.6 is 11.8 Å². The first-order valence-corrected chi connectivity index (χ1v) is 6.15. The molecule has 0 aromatic heterocycles. The van der Waals surface area contributed by atoms with Crippen LogP contribution in [0.15, 0.2) is 0 Å². The highest BCUT2D eigenvalue weighted by Gasteiger charge is 2.22. The molecule has 3 unspecified atom stereocenters. The Morgan fingerprint density at radius 2 is 2.46 bits per heavy atom. The van der Waals surface area contributed by atoms with E-state index in [4.69, 9.17) is 6.42 Å². The summed E-state index contributed by atoms with van der Waals surface area (Å²) in [4.78, 5) is 0. The summed E-state index contributed by atoms with van der Waals surface area (Å²) in [7, 11) is 0. The highest BCUT2D eigenvalue weighted by Crippen LogP contribution is 2.26. The van der Waals surface area contributed by atoms with Gasteiger partial charge in [-0.2, -0.15) is 11.8 Å². The van der Waals surface area contributed by atoms with Crippen molar-refractivity contribution < 1.29 is 0 Å². The van der Waals surface area contributed by atoms with Crippen LogP contribution in [-0.4, -0.2) is 23.1 Å². The van der Waals surface area contributed by atoms with E-state index in [0.29, 0.717) is 12.1 Å². The Balaban J connectivity index is 2.26. The van der Waals surface area contributed by atoms with E-state index in [-0.39, 0.29) is 0 Å². The zero-order chi connectivity index (χ0) is 9.68. The second-order valence-corrected chi connectivity index (χ2v) is 5.22. The summed E-state index contributed by atoms with van der Waals surface area (Å²) in [6, 6.07) is 0.938. The average Bonchev–Trinajstić information content (AvgIpc) is 2.50. The molecule has 1 rings (SSSR count). The highest BCUT2D eigenvalue weighted by atomic mass is 32.2. The molecule has 0 aliphatic carbocycles. The SMILES string of the molecule is C#CC(CCC)NC1CSC(C)C1. The van der Waals surface area contributed by atoms with Crippen LogP contribution < -0.4 is 5.32 Å². The summed E-state index contributed by atoms with van der Waals surface area (Å²) in [5.74, 6) is 4.05. The van der Waals surface area contributed by atoms with Crippen LogP contribution in [0.2, 0.25) is 0 Å². The van der Waals surface area contributed by atoms with E-state index in [1.54, 1.807) is 0 Å². The summed E-state index contributed by atoms with van der Waals surface area (Å²) >= 11 is 2.04. The number of nitrogens with one attached hydrogen (secondary N) is 1. The largest absolute Gasteiger partial charge is 0.300 e. The Morgan fingerprint density at radius 1 is 1.69 bits per heavy atom. The van der Waals surface area contributed by atoms with Gasteiger partial charge >= 0.3 is 0 Å². The minimum absolute atomic E-state index is 0.292. The van der Waals surface area contributed by atoms with Crippen molar-refractivity contribution >= 4 is 11.8 Å². The van der Waals surface area contributed by atoms with E-state index in [0.717, 1.165) is 18.1 Å². The highest BCUT2D eigenvalue weighted by molar-refractivity contribution is 8.00. The lowest BCUT2D eigenvalue weighted by Gasteiger charge is -2.17. The Bertz CT molecular complexity index is 185. The molecule has 1 N–H and O–H groups in total. The predicted octanol–water partition coefficient (Wildman–Crippen LogP) is 2.27. The van der Waals surface area contributed by atoms with Gasteiger partial charge < -0.3 is 5.32 Å². The van der Waals surface area contributed by atoms with Gasteiger partial charge in [-0.1, -0.05) is 26.2 Å². The fourth-order valence-electron chi connectivity index (χ4n) is 1.72. The van der Waals surface area contributed by atoms with Crippen LogP contribution in [-0.2, 0) is 0 Å². The van der Waals surface area contributed by atoms with Gasteiger partial charge in [0.15, 0.2) is 0 Å². The van der Waals surface area contributed by atoms with Crippen LogP contribution in [0.1, 0.15) is 33.1 Å². The number of terminal acetylenes is 1. The van der Waals surface area contributed by atoms with Crippen molar-refractivity contribution in [2.24, 2.45) is 0 Å². The average molecular weight is 197 g/mol. The Hall–Kier alpha value is -0.130. The lowest BCUT2D eigenvalue weighted by atomic mass is 10.1. The summed E-state index contributed by atoms with van der Waals surface area (Å²) < 4.78 is 0. The molecule has 3 atom stereocenters. The Morgan fingerprint density at radius 3 is 2.92 bits per heavy atom. The third-order valence-electron chi connectivity index (χ3n) is 2.41. The second kappa shape index (κ2) is 5.57. The van der Waals surface area contributed by atoms with E-state index in [9.17, 15) is 0 Å². The van der Waals surface area contributed by atoms with Crippen LogP contribution in [0, 0.1) is 12.3 Å². The fourth-order valence-corrected chi connectivity index (χ4v) is 2.88. The molecule has 0 bridgehead atoms. The van der Waals surface area contributed by atoms with Crippen LogP contribution in [0.3, 0.4) is 0 Å². The monoisotopic (exact) mass is 197 g/mol. The molecule has 1 nitrogen and oxygen atoms in total. The van der Waals surface area contributed by atoms with Crippen molar-refractivity contribution in [2.75, 3.05) is 5.75 Å². The molecular weight excluding hydrogens is 178 g/mol. The quantitative estimate of drug-likeness (QED) is 0.694. The normalized spacial score (nSPS) is 29.9. The molecule has 0 spiro atoms. The maximum atomic E-state index is 5.45. The van der Waals surface area contributed by atoms with Gasteiger partial charge in [-0.05, 0) is 12.8 Å². The van der Waals surface area contributed by atoms with E-state index in [1.165, 1.54) is 12.2 Å². The summed E-state index contributed by atoms with van der Waals surface area (Å²) in [6.07, 6.45) is 8.99. The topological polar surface area (TPSA) is 12.0 Å². The van der Waals surface area contributed by atoms with E-state index in [2.05, 4.69) is 25.1 Å². The van der Waals surface area contributed by atoms with Crippen LogP contribution in [0.4, 0.5) is 0 Å². The molecule has 1 saturated heterocycles. The molecule has 1 heterocycles. The summed E-state index contributed by atoms with van der Waals surface area (Å²) in [5.41, 5.74) is 0. The number of hydrogen-bond acceptors (Lipinski definition) is 2. The lowest BCUT2D eigenvalue weighted by molar-refractivity contribution is 0.476. The summed E-state index contributed by atoms with van der Waals surface area (Å²) in [6.45, 7) is 4.47. The number of hydrogen-bond donors (Lipinski definition) is 1. The van der Waals surface area contributed by atoms with Gasteiger partial charge in [-0.15, -0.1) is 6.42 Å². The minimum atomic E-state index is 0.292. The van der Waals surface area contributed by atoms with Gasteiger partial charge in [-0.25, -0.2) is 0 Å². The third kappa shape index (κ3) is 3.62. The van der Waals surface area contributed by atoms with Gasteiger partial charge in [0.1, 0.15) is 0 Å². The third-order valence-corrected chi connectivity index (χ3v) is 3.77. The summed E-state index contributed by atoms with van der Waals surface area (Å²) in [5, 5.41) is 4.34. The zero-order valence-corrected chi connectivity index (χ0v) is 9.36. The standard InChI is InChI=1S/C11H19NS/c1-4-6-10(5-2)12-11-7-9(3)13-8-11/h2,9-12H,4,6-8H2,1,3H3. The van der Waals surface area contributed by atoms with Gasteiger partial charge in [0, 0.05) is 17.0 Å². The first-order chi connectivity index (χ1) is 6.26. The van der Waals surface area contributed by atoms with Gasteiger partial charge in [0.2, 0.25) is 0 Å². The molecule has 1 aliphatic heterocycles. The van der Waals surface area contributed by atoms with Crippen molar-refractivity contribution in [3.8, 4) is 12.3 Å². The maximum Gasteiger partial charge on any atom is 0.0689 e. The van der Waals surface area contributed by atoms with Gasteiger partial charge in [-0.3, -0.25) is 0 Å². The zero-order valence-electron chi connectivity index (χ0n) is 8.55. The van der Waals surface area contributed by atoms with Crippen molar-refractivity contribution in [1.82, 2.24) is 5.32 Å². The van der Waals surface area contributed by atoms with Gasteiger partial charge in [0.05, 0.1) is 6.04 Å². The second-order valence-electron chi connectivity index (χ2n) is 3.75. The number of rotatable bonds is 4. The molecule has 0 radical (unpaired) electrons. The molecule has 13 heavy (non-hydrogen) atoms. The fraction of sp³-hybridized carbons (Fsp3) is 0.818. The van der Waals surface area contributed by atoms with Crippen molar-refractivity contribution in [1.29, 1.82) is 0 Å². The van der Waals surface area contributed by atoms with E-state index >= 15 is 0 Å². The molecule has 1 aliphatic rings. The van der Waals surface area contributed by atoms with E-state index in [1.807, 2.05) is 11.8 Å². The van der Waals surface area contributed by atoms with E-state index < -0.39 is 0 Å². The molecule has 0 saturated carbocycles. The van der Waals surface area contributed by atoms with Crippen LogP contribution in [0.5, 0.6) is 0 Å². The minimum Gasteiger partial charge on any atom is -0.300 e. The smallest absolute Gasteiger partial charge is 0.0689 e. The van der Waals surface area contributed by atoms with Crippen molar-refractivity contribution in [3.63, 3.8) is 0 Å². The van der Waals surface area contributed by atoms with Crippen LogP contribution in [0.25, 0.3) is 0 Å². The number of thioether (sulfide) groups is 1. The first kappa shape index (κ1) is 10.9.